The third-order valence-electron chi connectivity index (χ3n) is 4.58. The third kappa shape index (κ3) is 4.90. The SMILES string of the molecule is CCC[S+]([O-])c1cc2c(-c3cccc(OCCOC)c3)nc(-n3cnc(C)c3)nc2s1. The summed E-state index contributed by atoms with van der Waals surface area (Å²) in [4.78, 5) is 14.7. The molecule has 0 amide bonds. The van der Waals surface area contributed by atoms with Crippen LogP contribution in [0.5, 0.6) is 5.75 Å². The largest absolute Gasteiger partial charge is 0.611 e. The van der Waals surface area contributed by atoms with Gasteiger partial charge in [-0.25, -0.2) is 15.0 Å². The van der Waals surface area contributed by atoms with Crippen LogP contribution < -0.4 is 4.74 Å². The van der Waals surface area contributed by atoms with Crippen molar-refractivity contribution in [2.45, 2.75) is 24.5 Å². The first-order valence-electron chi connectivity index (χ1n) is 10.0. The number of benzene rings is 1. The molecule has 0 aliphatic heterocycles. The van der Waals surface area contributed by atoms with Crippen molar-refractivity contribution in [2.75, 3.05) is 26.1 Å². The number of hydrogen-bond acceptors (Lipinski definition) is 7. The summed E-state index contributed by atoms with van der Waals surface area (Å²) in [6.07, 6.45) is 4.45. The van der Waals surface area contributed by atoms with Crippen LogP contribution in [-0.2, 0) is 15.9 Å². The second-order valence-electron chi connectivity index (χ2n) is 7.00. The topological polar surface area (TPSA) is 85.1 Å². The van der Waals surface area contributed by atoms with Gasteiger partial charge in [-0.05, 0) is 36.7 Å². The number of hydrogen-bond donors (Lipinski definition) is 0. The molecule has 0 bridgehead atoms. The summed E-state index contributed by atoms with van der Waals surface area (Å²) in [5.74, 6) is 1.90. The predicted molar refractivity (Wildman–Crippen MR) is 124 cm³/mol. The highest BCUT2D eigenvalue weighted by molar-refractivity contribution is 7.93. The second-order valence-corrected chi connectivity index (χ2v) is 9.83. The van der Waals surface area contributed by atoms with E-state index in [0.717, 1.165) is 43.5 Å². The molecule has 0 aliphatic rings. The Hall–Kier alpha value is -2.46. The summed E-state index contributed by atoms with van der Waals surface area (Å²) in [6, 6.07) is 9.76. The number of fused-ring (bicyclic) bond motifs is 1. The number of thiophene rings is 1. The van der Waals surface area contributed by atoms with Gasteiger partial charge < -0.3 is 14.0 Å². The molecule has 4 aromatic rings. The van der Waals surface area contributed by atoms with Gasteiger partial charge in [-0.3, -0.25) is 4.57 Å². The Morgan fingerprint density at radius 3 is 2.81 bits per heavy atom. The normalized spacial score (nSPS) is 12.4. The van der Waals surface area contributed by atoms with E-state index in [1.165, 1.54) is 11.3 Å². The lowest BCUT2D eigenvalue weighted by Gasteiger charge is -2.09. The first-order valence-corrected chi connectivity index (χ1v) is 12.2. The molecule has 3 heterocycles. The molecule has 0 saturated heterocycles. The Balaban J connectivity index is 1.82. The van der Waals surface area contributed by atoms with Gasteiger partial charge in [0.15, 0.2) is 0 Å². The molecule has 162 valence electrons. The standard InChI is InChI=1S/C22H24N4O3S2/c1-4-10-31(27)19-12-18-20(16-6-5-7-17(11-16)29-9-8-28-3)24-22(25-21(18)30-19)26-13-15(2)23-14-26/h5-7,11-14H,4,8-10H2,1-3H3. The minimum absolute atomic E-state index is 0.470. The van der Waals surface area contributed by atoms with Gasteiger partial charge in [-0.2, -0.15) is 0 Å². The van der Waals surface area contributed by atoms with E-state index in [2.05, 4.69) is 4.98 Å². The number of ether oxygens (including phenoxy) is 2. The smallest absolute Gasteiger partial charge is 0.236 e. The van der Waals surface area contributed by atoms with Gasteiger partial charge in [-0.15, -0.1) is 0 Å². The minimum atomic E-state index is -1.04. The molecule has 1 aromatic carbocycles. The Morgan fingerprint density at radius 1 is 1.19 bits per heavy atom. The number of aryl methyl sites for hydroxylation is 1. The summed E-state index contributed by atoms with van der Waals surface area (Å²) in [5, 5.41) is 0.888. The second kappa shape index (κ2) is 9.78. The van der Waals surface area contributed by atoms with E-state index >= 15 is 0 Å². The van der Waals surface area contributed by atoms with E-state index in [1.807, 2.05) is 50.4 Å². The summed E-state index contributed by atoms with van der Waals surface area (Å²) < 4.78 is 26.1. The summed E-state index contributed by atoms with van der Waals surface area (Å²) in [6.45, 7) is 4.94. The van der Waals surface area contributed by atoms with Gasteiger partial charge in [0.05, 0.1) is 18.0 Å². The summed E-state index contributed by atoms with van der Waals surface area (Å²) in [5.41, 5.74) is 2.57. The van der Waals surface area contributed by atoms with Gasteiger partial charge in [-0.1, -0.05) is 30.4 Å². The van der Waals surface area contributed by atoms with Crippen molar-refractivity contribution < 1.29 is 14.0 Å². The molecule has 9 heteroatoms. The van der Waals surface area contributed by atoms with Gasteiger partial charge in [0.1, 0.15) is 29.3 Å². The Kier molecular flexibility index (Phi) is 6.86. The van der Waals surface area contributed by atoms with Gasteiger partial charge in [0, 0.05) is 30.3 Å². The summed E-state index contributed by atoms with van der Waals surface area (Å²) in [7, 11) is 1.65. The van der Waals surface area contributed by atoms with E-state index in [-0.39, 0.29) is 0 Å². The van der Waals surface area contributed by atoms with Crippen LogP contribution in [0, 0.1) is 6.92 Å². The van der Waals surface area contributed by atoms with Crippen molar-refractivity contribution in [3.63, 3.8) is 0 Å². The fraction of sp³-hybridized carbons (Fsp3) is 0.318. The number of methoxy groups -OCH3 is 1. The molecule has 0 saturated carbocycles. The maximum absolute atomic E-state index is 12.6. The number of rotatable bonds is 9. The van der Waals surface area contributed by atoms with E-state index in [9.17, 15) is 4.55 Å². The molecule has 0 N–H and O–H groups in total. The van der Waals surface area contributed by atoms with E-state index in [4.69, 9.17) is 19.4 Å². The van der Waals surface area contributed by atoms with E-state index in [0.29, 0.717) is 24.9 Å². The van der Waals surface area contributed by atoms with Crippen molar-refractivity contribution in [1.82, 2.24) is 19.5 Å². The van der Waals surface area contributed by atoms with Gasteiger partial charge >= 0.3 is 0 Å². The maximum atomic E-state index is 12.6. The molecule has 0 radical (unpaired) electrons. The predicted octanol–water partition coefficient (Wildman–Crippen LogP) is 4.40. The first-order chi connectivity index (χ1) is 15.1. The number of imidazole rings is 1. The van der Waals surface area contributed by atoms with Crippen molar-refractivity contribution in [3.05, 3.63) is 48.5 Å². The molecule has 31 heavy (non-hydrogen) atoms. The molecule has 3 aromatic heterocycles. The Labute approximate surface area is 188 Å². The third-order valence-corrected chi connectivity index (χ3v) is 7.56. The van der Waals surface area contributed by atoms with Crippen LogP contribution >= 0.6 is 11.3 Å². The lowest BCUT2D eigenvalue weighted by molar-refractivity contribution is 0.146. The highest BCUT2D eigenvalue weighted by Crippen LogP contribution is 2.36. The fourth-order valence-electron chi connectivity index (χ4n) is 3.13. The average molecular weight is 457 g/mol. The number of aromatic nitrogens is 4. The van der Waals surface area contributed by atoms with Crippen LogP contribution in [-0.4, -0.2) is 50.1 Å². The quantitative estimate of drug-likeness (QED) is 0.274. The molecular formula is C22H24N4O3S2. The lowest BCUT2D eigenvalue weighted by Crippen LogP contribution is -2.04. The monoisotopic (exact) mass is 456 g/mol. The molecule has 1 unspecified atom stereocenters. The van der Waals surface area contributed by atoms with Crippen molar-refractivity contribution in [3.8, 4) is 23.0 Å². The molecule has 1 atom stereocenters. The summed E-state index contributed by atoms with van der Waals surface area (Å²) >= 11 is 0.414. The average Bonchev–Trinajstić information content (AvgIpc) is 3.40. The molecule has 7 nitrogen and oxygen atoms in total. The van der Waals surface area contributed by atoms with E-state index < -0.39 is 11.2 Å². The van der Waals surface area contributed by atoms with E-state index in [1.54, 1.807) is 18.0 Å². The Bertz CT molecular complexity index is 1170. The molecule has 0 aliphatic carbocycles. The zero-order valence-electron chi connectivity index (χ0n) is 17.7. The highest BCUT2D eigenvalue weighted by atomic mass is 32.2. The maximum Gasteiger partial charge on any atom is 0.236 e. The highest BCUT2D eigenvalue weighted by Gasteiger charge is 2.20. The van der Waals surface area contributed by atoms with Crippen LogP contribution in [0.2, 0.25) is 0 Å². The van der Waals surface area contributed by atoms with Crippen molar-refractivity contribution >= 4 is 32.7 Å². The van der Waals surface area contributed by atoms with Crippen LogP contribution in [0.4, 0.5) is 0 Å². The molecule has 0 spiro atoms. The van der Waals surface area contributed by atoms with Crippen molar-refractivity contribution in [1.29, 1.82) is 0 Å². The minimum Gasteiger partial charge on any atom is -0.611 e. The Morgan fingerprint density at radius 2 is 2.06 bits per heavy atom. The molecule has 4 rings (SSSR count). The fourth-order valence-corrected chi connectivity index (χ4v) is 5.57. The lowest BCUT2D eigenvalue weighted by atomic mass is 10.1. The van der Waals surface area contributed by atoms with Gasteiger partial charge in [0.2, 0.25) is 10.2 Å². The van der Waals surface area contributed by atoms with Crippen LogP contribution in [0.15, 0.2) is 47.1 Å². The zero-order valence-corrected chi connectivity index (χ0v) is 19.3. The molecule has 0 fully saturated rings. The van der Waals surface area contributed by atoms with Gasteiger partial charge in [0.25, 0.3) is 0 Å². The number of nitrogens with zero attached hydrogens (tertiary/aromatic N) is 4. The van der Waals surface area contributed by atoms with Crippen LogP contribution in [0.1, 0.15) is 19.0 Å². The zero-order chi connectivity index (χ0) is 21.8. The van der Waals surface area contributed by atoms with Crippen LogP contribution in [0.25, 0.3) is 27.4 Å². The molecular weight excluding hydrogens is 432 g/mol. The van der Waals surface area contributed by atoms with Crippen LogP contribution in [0.3, 0.4) is 0 Å². The van der Waals surface area contributed by atoms with Crippen molar-refractivity contribution in [2.24, 2.45) is 0 Å². The first kappa shape index (κ1) is 21.8.